The van der Waals surface area contributed by atoms with Crippen LogP contribution in [0, 0.1) is 13.8 Å². The Morgan fingerprint density at radius 3 is 2.62 bits per heavy atom. The molecule has 2 aromatic rings. The van der Waals surface area contributed by atoms with Gasteiger partial charge in [0.2, 0.25) is 0 Å². The van der Waals surface area contributed by atoms with Crippen LogP contribution in [0.25, 0.3) is 17.8 Å². The lowest BCUT2D eigenvalue weighted by molar-refractivity contribution is 0.953. The number of aryl methyl sites for hydroxylation is 1. The van der Waals surface area contributed by atoms with Gasteiger partial charge in [-0.05, 0) is 62.1 Å². The monoisotopic (exact) mass is 275 g/mol. The number of hydrogen-bond donors (Lipinski definition) is 0. The van der Waals surface area contributed by atoms with E-state index in [1.54, 1.807) is 0 Å². The molecule has 1 aromatic carbocycles. The van der Waals surface area contributed by atoms with E-state index in [0.717, 1.165) is 12.8 Å². The molecule has 0 aliphatic heterocycles. The molecule has 106 valence electrons. The zero-order valence-electron chi connectivity index (χ0n) is 12.8. The molecule has 0 N–H and O–H groups in total. The number of allylic oxidation sites excluding steroid dienone is 3. The summed E-state index contributed by atoms with van der Waals surface area (Å²) in [5, 5.41) is 0. The van der Waals surface area contributed by atoms with Crippen molar-refractivity contribution in [3.63, 3.8) is 0 Å². The fourth-order valence-corrected chi connectivity index (χ4v) is 3.02. The Morgan fingerprint density at radius 2 is 1.90 bits per heavy atom. The average Bonchev–Trinajstić information content (AvgIpc) is 2.79. The number of fused-ring (bicyclic) bond motifs is 1. The van der Waals surface area contributed by atoms with E-state index in [4.69, 9.17) is 0 Å². The van der Waals surface area contributed by atoms with Crippen LogP contribution in [-0.2, 0) is 6.42 Å². The molecule has 0 saturated carbocycles. The van der Waals surface area contributed by atoms with Crippen molar-refractivity contribution in [2.24, 2.45) is 0 Å². The van der Waals surface area contributed by atoms with Crippen LogP contribution >= 0.6 is 0 Å². The number of aromatic nitrogens is 1. The van der Waals surface area contributed by atoms with Crippen molar-refractivity contribution >= 4 is 12.2 Å². The molecule has 1 aromatic heterocycles. The van der Waals surface area contributed by atoms with Crippen LogP contribution in [-0.4, -0.2) is 4.57 Å². The van der Waals surface area contributed by atoms with Crippen LogP contribution < -0.4 is 0 Å². The lowest BCUT2D eigenvalue weighted by atomic mass is 10.00. The van der Waals surface area contributed by atoms with Crippen molar-refractivity contribution in [2.75, 3.05) is 0 Å². The highest BCUT2D eigenvalue weighted by Gasteiger charge is 2.19. The third-order valence-electron chi connectivity index (χ3n) is 4.15. The molecule has 3 rings (SSSR count). The number of benzene rings is 1. The van der Waals surface area contributed by atoms with Crippen LogP contribution in [0.1, 0.15) is 34.5 Å². The summed E-state index contributed by atoms with van der Waals surface area (Å²) in [4.78, 5) is 0. The van der Waals surface area contributed by atoms with Crippen LogP contribution in [0.2, 0.25) is 0 Å². The molecule has 1 heterocycles. The van der Waals surface area contributed by atoms with Crippen molar-refractivity contribution in [3.05, 3.63) is 77.2 Å². The summed E-state index contributed by atoms with van der Waals surface area (Å²) < 4.78 is 2.36. The zero-order chi connectivity index (χ0) is 14.8. The maximum Gasteiger partial charge on any atom is 0.0494 e. The van der Waals surface area contributed by atoms with Crippen LogP contribution in [0.4, 0.5) is 0 Å². The largest absolute Gasteiger partial charge is 0.310 e. The molecule has 1 aliphatic carbocycles. The van der Waals surface area contributed by atoms with E-state index in [9.17, 15) is 0 Å². The molecule has 0 amide bonds. The fourth-order valence-electron chi connectivity index (χ4n) is 3.02. The van der Waals surface area contributed by atoms with Gasteiger partial charge < -0.3 is 4.57 Å². The van der Waals surface area contributed by atoms with E-state index >= 15 is 0 Å². The Morgan fingerprint density at radius 1 is 1.14 bits per heavy atom. The molecule has 0 spiro atoms. The van der Waals surface area contributed by atoms with Crippen molar-refractivity contribution in [1.82, 2.24) is 4.57 Å². The summed E-state index contributed by atoms with van der Waals surface area (Å²) >= 11 is 0. The van der Waals surface area contributed by atoms with Gasteiger partial charge in [-0.1, -0.05) is 42.5 Å². The van der Waals surface area contributed by atoms with E-state index < -0.39 is 0 Å². The van der Waals surface area contributed by atoms with Gasteiger partial charge in [0, 0.05) is 17.1 Å². The molecule has 0 saturated heterocycles. The predicted molar refractivity (Wildman–Crippen MR) is 91.8 cm³/mol. The van der Waals surface area contributed by atoms with E-state index in [0.29, 0.717) is 0 Å². The maximum atomic E-state index is 3.79. The van der Waals surface area contributed by atoms with Crippen LogP contribution in [0.5, 0.6) is 0 Å². The highest BCUT2D eigenvalue weighted by Crippen LogP contribution is 2.32. The number of hydrogen-bond acceptors (Lipinski definition) is 0. The first-order valence-electron chi connectivity index (χ1n) is 7.49. The average molecular weight is 275 g/mol. The van der Waals surface area contributed by atoms with Gasteiger partial charge in [-0.25, -0.2) is 0 Å². The summed E-state index contributed by atoms with van der Waals surface area (Å²) in [6.07, 6.45) is 12.8. The molecule has 1 heteroatoms. The fraction of sp³-hybridized carbons (Fsp3) is 0.200. The lowest BCUT2D eigenvalue weighted by Crippen LogP contribution is -2.01. The first-order valence-corrected chi connectivity index (χ1v) is 7.49. The summed E-state index contributed by atoms with van der Waals surface area (Å²) in [5.74, 6) is 0. The Hall–Kier alpha value is -2.28. The molecule has 0 fully saturated rings. The summed E-state index contributed by atoms with van der Waals surface area (Å²) in [6.45, 7) is 8.14. The SMILES string of the molecule is C=C/C=C\c1c(C)c2c(n1-c1ccc(C)cc1)C=CCC2. The number of rotatable bonds is 3. The van der Waals surface area contributed by atoms with Crippen molar-refractivity contribution in [2.45, 2.75) is 26.7 Å². The van der Waals surface area contributed by atoms with Gasteiger partial charge in [-0.2, -0.15) is 0 Å². The van der Waals surface area contributed by atoms with Gasteiger partial charge in [0.25, 0.3) is 0 Å². The first-order chi connectivity index (χ1) is 10.2. The molecule has 0 bridgehead atoms. The van der Waals surface area contributed by atoms with Gasteiger partial charge in [0.15, 0.2) is 0 Å². The Kier molecular flexibility index (Phi) is 3.66. The topological polar surface area (TPSA) is 4.93 Å². The third-order valence-corrected chi connectivity index (χ3v) is 4.15. The lowest BCUT2D eigenvalue weighted by Gasteiger charge is -2.13. The molecule has 0 atom stereocenters. The summed E-state index contributed by atoms with van der Waals surface area (Å²) in [6, 6.07) is 8.74. The second kappa shape index (κ2) is 5.61. The molecular formula is C20H21N. The van der Waals surface area contributed by atoms with E-state index in [2.05, 4.69) is 67.5 Å². The van der Waals surface area contributed by atoms with Crippen LogP contribution in [0.15, 0.2) is 49.1 Å². The Balaban J connectivity index is 2.26. The standard InChI is InChI=1S/C20H21N/c1-4-5-9-19-16(3)18-8-6-7-10-20(18)21(19)17-13-11-15(2)12-14-17/h4-5,7,9-14H,1,6,8H2,2-3H3/b9-5-. The van der Waals surface area contributed by atoms with E-state index in [-0.39, 0.29) is 0 Å². The summed E-state index contributed by atoms with van der Waals surface area (Å²) in [5.41, 5.74) is 7.95. The van der Waals surface area contributed by atoms with Crippen molar-refractivity contribution in [3.8, 4) is 5.69 Å². The summed E-state index contributed by atoms with van der Waals surface area (Å²) in [7, 11) is 0. The minimum absolute atomic E-state index is 1.13. The Bertz CT molecular complexity index is 724. The zero-order valence-corrected chi connectivity index (χ0v) is 12.8. The maximum absolute atomic E-state index is 3.79. The second-order valence-corrected chi connectivity index (χ2v) is 5.58. The van der Waals surface area contributed by atoms with Crippen LogP contribution in [0.3, 0.4) is 0 Å². The molecule has 0 radical (unpaired) electrons. The van der Waals surface area contributed by atoms with E-state index in [1.165, 1.54) is 33.8 Å². The van der Waals surface area contributed by atoms with Crippen molar-refractivity contribution < 1.29 is 0 Å². The van der Waals surface area contributed by atoms with Gasteiger partial charge in [-0.15, -0.1) is 0 Å². The normalized spacial score (nSPS) is 13.6. The number of nitrogens with zero attached hydrogens (tertiary/aromatic N) is 1. The highest BCUT2D eigenvalue weighted by atomic mass is 15.0. The van der Waals surface area contributed by atoms with Gasteiger partial charge in [0.05, 0.1) is 0 Å². The van der Waals surface area contributed by atoms with Gasteiger partial charge in [0.1, 0.15) is 0 Å². The van der Waals surface area contributed by atoms with Gasteiger partial charge in [-0.3, -0.25) is 0 Å². The third kappa shape index (κ3) is 2.40. The minimum atomic E-state index is 1.13. The quantitative estimate of drug-likeness (QED) is 0.674. The van der Waals surface area contributed by atoms with Crippen molar-refractivity contribution in [1.29, 1.82) is 0 Å². The molecule has 21 heavy (non-hydrogen) atoms. The Labute approximate surface area is 126 Å². The van der Waals surface area contributed by atoms with E-state index in [1.807, 2.05) is 12.2 Å². The predicted octanol–water partition coefficient (Wildman–Crippen LogP) is 5.25. The smallest absolute Gasteiger partial charge is 0.0494 e. The van der Waals surface area contributed by atoms with Gasteiger partial charge >= 0.3 is 0 Å². The minimum Gasteiger partial charge on any atom is -0.310 e. The molecular weight excluding hydrogens is 254 g/mol. The molecule has 1 nitrogen and oxygen atoms in total. The second-order valence-electron chi connectivity index (χ2n) is 5.58. The molecule has 0 unspecified atom stereocenters. The first kappa shape index (κ1) is 13.7. The highest BCUT2D eigenvalue weighted by molar-refractivity contribution is 5.68. The molecule has 1 aliphatic rings.